The second kappa shape index (κ2) is 9.67. The first-order chi connectivity index (χ1) is 17.4. The number of nitrogens with one attached hydrogen (secondary N) is 1. The molecule has 2 aliphatic heterocycles. The quantitative estimate of drug-likeness (QED) is 0.116. The lowest BCUT2D eigenvalue weighted by Gasteiger charge is -2.50. The zero-order chi connectivity index (χ0) is 25.4. The summed E-state index contributed by atoms with van der Waals surface area (Å²) in [5.41, 5.74) is 9.07. The Kier molecular flexibility index (Phi) is 6.42. The van der Waals surface area contributed by atoms with E-state index >= 15 is 0 Å². The highest BCUT2D eigenvalue weighted by molar-refractivity contribution is 8.00. The average molecular weight is 544 g/mol. The van der Waals surface area contributed by atoms with Crippen molar-refractivity contribution in [1.29, 1.82) is 0 Å². The number of nitrogens with two attached hydrogens (primary N) is 1. The van der Waals surface area contributed by atoms with Crippen molar-refractivity contribution in [3.63, 3.8) is 0 Å². The molecule has 0 saturated carbocycles. The summed E-state index contributed by atoms with van der Waals surface area (Å²) in [7, 11) is 0. The molecule has 5 heterocycles. The largest absolute Gasteiger partial charge is 0.543 e. The van der Waals surface area contributed by atoms with Crippen LogP contribution in [0, 0.1) is 0 Å². The van der Waals surface area contributed by atoms with Crippen LogP contribution in [0.25, 0.3) is 11.3 Å². The number of β-lactam (4-membered cyclic amide) rings is 1. The number of aliphatic carboxylic acids is 1. The monoisotopic (exact) mass is 543 g/mol. The molecule has 4 N–H and O–H groups in total. The molecule has 0 unspecified atom stereocenters. The highest BCUT2D eigenvalue weighted by Gasteiger charge is 2.53. The maximum absolute atomic E-state index is 12.9. The van der Waals surface area contributed by atoms with Crippen LogP contribution in [0.5, 0.6) is 0 Å². The lowest BCUT2D eigenvalue weighted by Crippen LogP contribution is -2.71. The van der Waals surface area contributed by atoms with Gasteiger partial charge in [-0.2, -0.15) is 0 Å². The van der Waals surface area contributed by atoms with Gasteiger partial charge in [0.25, 0.3) is 11.8 Å². The number of carbonyl (C=O) groups is 3. The van der Waals surface area contributed by atoms with Crippen molar-refractivity contribution in [3.05, 3.63) is 57.8 Å². The number of hydrogen-bond acceptors (Lipinski definition) is 12. The number of amides is 2. The number of pyridine rings is 1. The number of nitrogens with zero attached hydrogens (tertiary/aromatic N) is 5. The molecule has 0 aliphatic carbocycles. The Hall–Kier alpha value is -3.82. The van der Waals surface area contributed by atoms with Crippen molar-refractivity contribution in [2.45, 2.75) is 18.0 Å². The zero-order valence-electron chi connectivity index (χ0n) is 18.2. The van der Waals surface area contributed by atoms with Gasteiger partial charge < -0.3 is 26.2 Å². The summed E-state index contributed by atoms with van der Waals surface area (Å²) in [6.07, 6.45) is 3.63. The van der Waals surface area contributed by atoms with Crippen LogP contribution in [0.3, 0.4) is 0 Å². The number of thioether (sulfide) groups is 1. The molecule has 0 radical (unpaired) electrons. The third-order valence-electron chi connectivity index (χ3n) is 5.60. The lowest BCUT2D eigenvalue weighted by atomic mass is 10.0. The van der Waals surface area contributed by atoms with Crippen molar-refractivity contribution >= 4 is 63.1 Å². The Morgan fingerprint density at radius 3 is 2.72 bits per heavy atom. The first-order valence-electron chi connectivity index (χ1n) is 10.4. The minimum absolute atomic E-state index is 0.0628. The number of nitrogen functional groups attached to an aromatic ring is 1. The predicted molar refractivity (Wildman–Crippen MR) is 130 cm³/mol. The van der Waals surface area contributed by atoms with Crippen molar-refractivity contribution in [2.24, 2.45) is 5.16 Å². The first-order valence-corrected chi connectivity index (χ1v) is 13.2. The van der Waals surface area contributed by atoms with E-state index in [1.807, 2.05) is 34.5 Å². The number of aromatic nitrogens is 3. The predicted octanol–water partition coefficient (Wildman–Crippen LogP) is -0.581. The van der Waals surface area contributed by atoms with Gasteiger partial charge in [-0.15, -0.1) is 34.4 Å². The van der Waals surface area contributed by atoms with Gasteiger partial charge in [-0.05, 0) is 0 Å². The molecular formula is C21H17N7O5S3. The van der Waals surface area contributed by atoms with E-state index in [9.17, 15) is 24.7 Å². The van der Waals surface area contributed by atoms with E-state index in [4.69, 9.17) is 5.73 Å². The van der Waals surface area contributed by atoms with Gasteiger partial charge in [-0.25, -0.2) is 14.5 Å². The van der Waals surface area contributed by atoms with Crippen LogP contribution >= 0.6 is 34.4 Å². The summed E-state index contributed by atoms with van der Waals surface area (Å²) in [5.74, 6) is -2.59. The third-order valence-corrected chi connectivity index (χ3v) is 8.20. The number of rotatable bonds is 7. The van der Waals surface area contributed by atoms with Crippen LogP contribution in [0.4, 0.5) is 5.13 Å². The topological polar surface area (TPSA) is 178 Å². The van der Waals surface area contributed by atoms with Crippen LogP contribution in [0.15, 0.2) is 57.2 Å². The van der Waals surface area contributed by atoms with Crippen molar-refractivity contribution in [3.8, 4) is 11.3 Å². The smallest absolute Gasteiger partial charge is 0.276 e. The summed E-state index contributed by atoms with van der Waals surface area (Å²) in [6, 6.07) is 2.75. The van der Waals surface area contributed by atoms with Gasteiger partial charge >= 0.3 is 0 Å². The lowest BCUT2D eigenvalue weighted by molar-refractivity contribution is -0.689. The number of fused-ring (bicyclic) bond motifs is 1. The van der Waals surface area contributed by atoms with Gasteiger partial charge in [0.05, 0.1) is 22.9 Å². The molecule has 0 spiro atoms. The zero-order valence-corrected chi connectivity index (χ0v) is 20.7. The summed E-state index contributed by atoms with van der Waals surface area (Å²) in [5, 5.41) is 29.7. The second-order valence-electron chi connectivity index (χ2n) is 7.75. The number of thiazole rings is 2. The molecule has 2 atom stereocenters. The maximum atomic E-state index is 12.9. The van der Waals surface area contributed by atoms with Crippen LogP contribution in [0.2, 0.25) is 0 Å². The Balaban J connectivity index is 1.32. The van der Waals surface area contributed by atoms with Gasteiger partial charge in [0, 0.05) is 39.8 Å². The minimum atomic E-state index is -1.47. The molecular weight excluding hydrogens is 526 g/mol. The summed E-state index contributed by atoms with van der Waals surface area (Å²) >= 11 is 3.87. The SMILES string of the molecule is Nc1nc(C(=NO)C(=O)N[C@@H]2C(=O)N3C(C(=O)[O-])=C(C[n+]4ccc(-c5cscn5)cc4)CS[C@@H]23)cs1. The Bertz CT molecular complexity index is 1400. The summed E-state index contributed by atoms with van der Waals surface area (Å²) in [4.78, 5) is 46.9. The van der Waals surface area contributed by atoms with E-state index < -0.39 is 34.9 Å². The van der Waals surface area contributed by atoms with Gasteiger partial charge in [0.15, 0.2) is 29.8 Å². The Morgan fingerprint density at radius 2 is 2.11 bits per heavy atom. The molecule has 15 heteroatoms. The highest BCUT2D eigenvalue weighted by atomic mass is 32.2. The average Bonchev–Trinajstić information content (AvgIpc) is 3.55. The second-order valence-corrected chi connectivity index (χ2v) is 10.5. The number of carboxylic acid groups (broad SMARTS) is 1. The number of hydrogen-bond donors (Lipinski definition) is 3. The first kappa shape index (κ1) is 23.9. The number of carbonyl (C=O) groups excluding carboxylic acids is 3. The molecule has 12 nitrogen and oxygen atoms in total. The number of oxime groups is 1. The van der Waals surface area contributed by atoms with Gasteiger partial charge in [0.2, 0.25) is 0 Å². The summed E-state index contributed by atoms with van der Waals surface area (Å²) in [6.45, 7) is 0.244. The molecule has 2 aliphatic rings. The van der Waals surface area contributed by atoms with Crippen LogP contribution in [-0.2, 0) is 20.9 Å². The minimum Gasteiger partial charge on any atom is -0.543 e. The molecule has 5 rings (SSSR count). The maximum Gasteiger partial charge on any atom is 0.276 e. The fourth-order valence-corrected chi connectivity index (χ4v) is 6.37. The Morgan fingerprint density at radius 1 is 1.33 bits per heavy atom. The fourth-order valence-electron chi connectivity index (χ4n) is 3.92. The highest BCUT2D eigenvalue weighted by Crippen LogP contribution is 2.40. The Labute approximate surface area is 215 Å². The van der Waals surface area contributed by atoms with Gasteiger partial charge in [0.1, 0.15) is 17.1 Å². The molecule has 0 bridgehead atoms. The van der Waals surface area contributed by atoms with Crippen molar-refractivity contribution in [2.75, 3.05) is 11.5 Å². The van der Waals surface area contributed by atoms with Gasteiger partial charge in [-0.3, -0.25) is 14.5 Å². The van der Waals surface area contributed by atoms with E-state index in [2.05, 4.69) is 20.4 Å². The van der Waals surface area contributed by atoms with Crippen LogP contribution < -0.4 is 20.7 Å². The molecule has 36 heavy (non-hydrogen) atoms. The van der Waals surface area contributed by atoms with E-state index in [-0.39, 0.29) is 23.1 Å². The van der Waals surface area contributed by atoms with Crippen molar-refractivity contribution < 1.29 is 29.3 Å². The molecule has 1 saturated heterocycles. The summed E-state index contributed by atoms with van der Waals surface area (Å²) < 4.78 is 1.81. The molecule has 184 valence electrons. The van der Waals surface area contributed by atoms with E-state index in [1.54, 1.807) is 5.51 Å². The van der Waals surface area contributed by atoms with Crippen molar-refractivity contribution in [1.82, 2.24) is 20.2 Å². The van der Waals surface area contributed by atoms with Gasteiger partial charge in [-0.1, -0.05) is 5.16 Å². The molecule has 2 amide bonds. The molecule has 3 aromatic heterocycles. The van der Waals surface area contributed by atoms with Crippen LogP contribution in [-0.4, -0.2) is 60.7 Å². The number of carboxylic acids is 1. The standard InChI is InChI=1S/C21H17N7O5S3/c22-21-24-13(8-36-21)14(26-33)17(29)25-15-18(30)28-16(20(31)32)11(6-35-19(15)28)5-27-3-1-10(2-4-27)12-7-34-9-23-12/h1-4,7-9,15,19H,5-6H2,(H4-,22,24,25,29,31,32,33)/t15-,19+/m1/s1. The number of anilines is 1. The van der Waals surface area contributed by atoms with E-state index in [0.29, 0.717) is 11.3 Å². The third kappa shape index (κ3) is 4.31. The molecule has 1 fully saturated rings. The fraction of sp³-hybridized carbons (Fsp3) is 0.190. The van der Waals surface area contributed by atoms with Crippen LogP contribution in [0.1, 0.15) is 5.69 Å². The van der Waals surface area contributed by atoms with E-state index in [1.165, 1.54) is 28.5 Å². The molecule has 0 aromatic carbocycles. The van der Waals surface area contributed by atoms with E-state index in [0.717, 1.165) is 27.5 Å². The molecule has 3 aromatic rings. The normalized spacial score (nSPS) is 19.6.